The predicted molar refractivity (Wildman–Crippen MR) is 105 cm³/mol. The maximum absolute atomic E-state index is 4.28. The second-order valence-electron chi connectivity index (χ2n) is 6.02. The highest BCUT2D eigenvalue weighted by molar-refractivity contribution is 14.0. The summed E-state index contributed by atoms with van der Waals surface area (Å²) in [4.78, 5) is 8.32. The van der Waals surface area contributed by atoms with Crippen LogP contribution in [0.4, 0.5) is 0 Å². The van der Waals surface area contributed by atoms with Crippen LogP contribution < -0.4 is 10.6 Å². The summed E-state index contributed by atoms with van der Waals surface area (Å²) < 4.78 is 2.09. The Hall–Kier alpha value is -0.790. The summed E-state index contributed by atoms with van der Waals surface area (Å²) in [6.07, 6.45) is 10.5. The van der Waals surface area contributed by atoms with E-state index >= 15 is 0 Å². The van der Waals surface area contributed by atoms with Gasteiger partial charge in [0, 0.05) is 38.6 Å². The van der Waals surface area contributed by atoms with E-state index in [0.29, 0.717) is 6.04 Å². The van der Waals surface area contributed by atoms with Crippen LogP contribution >= 0.6 is 24.0 Å². The van der Waals surface area contributed by atoms with E-state index in [1.54, 1.807) is 0 Å². The quantitative estimate of drug-likeness (QED) is 0.279. The second kappa shape index (κ2) is 12.7. The molecule has 0 aromatic carbocycles. The molecule has 1 aromatic heterocycles. The first-order valence-electron chi connectivity index (χ1n) is 8.04. The molecule has 0 saturated carbocycles. The molecule has 0 spiro atoms. The van der Waals surface area contributed by atoms with E-state index in [9.17, 15) is 0 Å². The van der Waals surface area contributed by atoms with Crippen LogP contribution in [0.1, 0.15) is 46.5 Å². The van der Waals surface area contributed by atoms with Gasteiger partial charge in [-0.25, -0.2) is 4.98 Å². The molecular formula is C16H32IN5. The number of imidazole rings is 1. The van der Waals surface area contributed by atoms with Crippen molar-refractivity contribution in [1.82, 2.24) is 20.2 Å². The minimum atomic E-state index is 0. The molecule has 0 fully saturated rings. The highest BCUT2D eigenvalue weighted by atomic mass is 127. The first-order chi connectivity index (χ1) is 10.1. The van der Waals surface area contributed by atoms with Crippen molar-refractivity contribution in [3.8, 4) is 0 Å². The Balaban J connectivity index is 0.00000441. The molecule has 1 heterocycles. The third-order valence-corrected chi connectivity index (χ3v) is 3.47. The van der Waals surface area contributed by atoms with Gasteiger partial charge in [0.05, 0.1) is 6.33 Å². The van der Waals surface area contributed by atoms with Gasteiger partial charge in [0.15, 0.2) is 5.96 Å². The maximum Gasteiger partial charge on any atom is 0.191 e. The van der Waals surface area contributed by atoms with Crippen molar-refractivity contribution in [2.24, 2.45) is 10.9 Å². The molecule has 1 unspecified atom stereocenters. The standard InChI is InChI=1S/C16H31N5.HI/c1-14(2)7-5-8-15(3)20-16(17-4)19-9-6-11-21-12-10-18-13-21;/h10,12-15H,5-9,11H2,1-4H3,(H2,17,19,20);1H. The lowest BCUT2D eigenvalue weighted by molar-refractivity contribution is 0.491. The molecule has 0 aliphatic heterocycles. The molecule has 0 bridgehead atoms. The number of halogens is 1. The molecule has 22 heavy (non-hydrogen) atoms. The Morgan fingerprint density at radius 1 is 1.23 bits per heavy atom. The minimum absolute atomic E-state index is 0. The lowest BCUT2D eigenvalue weighted by atomic mass is 10.0. The van der Waals surface area contributed by atoms with Crippen LogP contribution in [0.25, 0.3) is 0 Å². The highest BCUT2D eigenvalue weighted by Gasteiger charge is 2.05. The monoisotopic (exact) mass is 421 g/mol. The second-order valence-corrected chi connectivity index (χ2v) is 6.02. The first kappa shape index (κ1) is 21.2. The number of hydrogen-bond acceptors (Lipinski definition) is 2. The SMILES string of the molecule is CN=C(NCCCn1ccnc1)NC(C)CCCC(C)C.I. The van der Waals surface area contributed by atoms with Gasteiger partial charge in [0.25, 0.3) is 0 Å². The number of aromatic nitrogens is 2. The summed E-state index contributed by atoms with van der Waals surface area (Å²) in [5.74, 6) is 1.69. The molecule has 2 N–H and O–H groups in total. The topological polar surface area (TPSA) is 54.2 Å². The van der Waals surface area contributed by atoms with Crippen molar-refractivity contribution in [2.75, 3.05) is 13.6 Å². The van der Waals surface area contributed by atoms with Gasteiger partial charge in [0.2, 0.25) is 0 Å². The molecule has 6 heteroatoms. The fourth-order valence-corrected chi connectivity index (χ4v) is 2.22. The smallest absolute Gasteiger partial charge is 0.191 e. The number of hydrogen-bond donors (Lipinski definition) is 2. The van der Waals surface area contributed by atoms with Crippen LogP contribution in [-0.2, 0) is 6.54 Å². The molecule has 1 aromatic rings. The highest BCUT2D eigenvalue weighted by Crippen LogP contribution is 2.08. The third-order valence-electron chi connectivity index (χ3n) is 3.47. The summed E-state index contributed by atoms with van der Waals surface area (Å²) in [7, 11) is 1.83. The van der Waals surface area contributed by atoms with Gasteiger partial charge in [0.1, 0.15) is 0 Å². The van der Waals surface area contributed by atoms with Gasteiger partial charge in [-0.2, -0.15) is 0 Å². The zero-order valence-corrected chi connectivity index (χ0v) is 16.7. The minimum Gasteiger partial charge on any atom is -0.356 e. The van der Waals surface area contributed by atoms with Crippen molar-refractivity contribution in [3.05, 3.63) is 18.7 Å². The van der Waals surface area contributed by atoms with Gasteiger partial charge >= 0.3 is 0 Å². The molecule has 0 radical (unpaired) electrons. The van der Waals surface area contributed by atoms with E-state index in [-0.39, 0.29) is 24.0 Å². The van der Waals surface area contributed by atoms with Crippen LogP contribution in [0.3, 0.4) is 0 Å². The molecule has 128 valence electrons. The first-order valence-corrected chi connectivity index (χ1v) is 8.04. The van der Waals surface area contributed by atoms with Crippen molar-refractivity contribution < 1.29 is 0 Å². The molecule has 0 aliphatic rings. The molecule has 0 aliphatic carbocycles. The van der Waals surface area contributed by atoms with Gasteiger partial charge in [-0.1, -0.05) is 26.7 Å². The van der Waals surface area contributed by atoms with Crippen molar-refractivity contribution in [2.45, 2.75) is 59.0 Å². The van der Waals surface area contributed by atoms with Gasteiger partial charge in [-0.15, -0.1) is 24.0 Å². The zero-order valence-electron chi connectivity index (χ0n) is 14.4. The normalized spacial score (nSPS) is 12.9. The van der Waals surface area contributed by atoms with Crippen LogP contribution in [0.2, 0.25) is 0 Å². The Kier molecular flexibility index (Phi) is 12.3. The molecule has 0 amide bonds. The zero-order chi connectivity index (χ0) is 15.5. The largest absolute Gasteiger partial charge is 0.356 e. The fraction of sp³-hybridized carbons (Fsp3) is 0.750. The Morgan fingerprint density at radius 3 is 2.59 bits per heavy atom. The van der Waals surface area contributed by atoms with Gasteiger partial charge < -0.3 is 15.2 Å². The lowest BCUT2D eigenvalue weighted by Gasteiger charge is -2.18. The van der Waals surface area contributed by atoms with Crippen molar-refractivity contribution >= 4 is 29.9 Å². The van der Waals surface area contributed by atoms with Crippen LogP contribution in [0, 0.1) is 5.92 Å². The molecular weight excluding hydrogens is 389 g/mol. The van der Waals surface area contributed by atoms with Crippen LogP contribution in [-0.4, -0.2) is 35.1 Å². The van der Waals surface area contributed by atoms with Crippen molar-refractivity contribution in [1.29, 1.82) is 0 Å². The summed E-state index contributed by atoms with van der Waals surface area (Å²) in [5.41, 5.74) is 0. The number of rotatable bonds is 9. The number of nitrogens with zero attached hydrogens (tertiary/aromatic N) is 3. The predicted octanol–water partition coefficient (Wildman–Crippen LogP) is 3.27. The van der Waals surface area contributed by atoms with E-state index in [1.807, 2.05) is 25.8 Å². The Labute approximate surface area is 152 Å². The van der Waals surface area contributed by atoms with E-state index in [1.165, 1.54) is 19.3 Å². The summed E-state index contributed by atoms with van der Waals surface area (Å²) in [6, 6.07) is 0.462. The van der Waals surface area contributed by atoms with E-state index in [0.717, 1.165) is 31.4 Å². The number of aryl methyl sites for hydroxylation is 1. The van der Waals surface area contributed by atoms with E-state index in [4.69, 9.17) is 0 Å². The van der Waals surface area contributed by atoms with Gasteiger partial charge in [-0.3, -0.25) is 4.99 Å². The molecule has 5 nitrogen and oxygen atoms in total. The average molecular weight is 421 g/mol. The maximum atomic E-state index is 4.28. The van der Waals surface area contributed by atoms with E-state index < -0.39 is 0 Å². The number of aliphatic imine (C=N–C) groups is 1. The lowest BCUT2D eigenvalue weighted by Crippen LogP contribution is -2.42. The average Bonchev–Trinajstić information content (AvgIpc) is 2.95. The Morgan fingerprint density at radius 2 is 2.00 bits per heavy atom. The number of nitrogens with one attached hydrogen (secondary N) is 2. The van der Waals surface area contributed by atoms with Gasteiger partial charge in [-0.05, 0) is 25.7 Å². The molecule has 1 rings (SSSR count). The summed E-state index contributed by atoms with van der Waals surface area (Å²) in [5, 5.41) is 6.82. The molecule has 0 saturated heterocycles. The third kappa shape index (κ3) is 10.0. The van der Waals surface area contributed by atoms with Crippen molar-refractivity contribution in [3.63, 3.8) is 0 Å². The Bertz CT molecular complexity index is 389. The van der Waals surface area contributed by atoms with E-state index in [2.05, 4.69) is 45.9 Å². The van der Waals surface area contributed by atoms with Crippen LogP contribution in [0.5, 0.6) is 0 Å². The summed E-state index contributed by atoms with van der Waals surface area (Å²) in [6.45, 7) is 8.67. The van der Waals surface area contributed by atoms with Crippen LogP contribution in [0.15, 0.2) is 23.7 Å². The molecule has 1 atom stereocenters. The fourth-order valence-electron chi connectivity index (χ4n) is 2.22. The summed E-state index contributed by atoms with van der Waals surface area (Å²) >= 11 is 0. The number of guanidine groups is 1.